The van der Waals surface area contributed by atoms with Crippen molar-refractivity contribution < 1.29 is 4.92 Å². The topological polar surface area (TPSA) is 99.9 Å². The molecule has 0 aliphatic rings. The number of nitro groups is 1. The Morgan fingerprint density at radius 1 is 1.50 bits per heavy atom. The summed E-state index contributed by atoms with van der Waals surface area (Å²) >= 11 is 3.20. The van der Waals surface area contributed by atoms with Crippen molar-refractivity contribution in [3.05, 3.63) is 39.1 Å². The van der Waals surface area contributed by atoms with Gasteiger partial charge in [-0.3, -0.25) is 10.1 Å². The second kappa shape index (κ2) is 3.89. The summed E-state index contributed by atoms with van der Waals surface area (Å²) in [5.74, 6) is 0.294. The Labute approximate surface area is 98.2 Å². The van der Waals surface area contributed by atoms with Gasteiger partial charge in [0.25, 0.3) is 0 Å². The molecule has 16 heavy (non-hydrogen) atoms. The van der Waals surface area contributed by atoms with Gasteiger partial charge in [-0.15, -0.1) is 0 Å². The predicted octanol–water partition coefficient (Wildman–Crippen LogP) is 1.52. The standard InChI is InChI=1S/C8H6BrN5O2/c9-5-3-11-13(4-5)8-6(14(15)16)1-2-7(10)12-8/h1-4H,(H2,10,12). The van der Waals surface area contributed by atoms with Gasteiger partial charge in [-0.2, -0.15) is 5.10 Å². The second-order valence-corrected chi connectivity index (χ2v) is 3.85. The summed E-state index contributed by atoms with van der Waals surface area (Å²) in [4.78, 5) is 14.1. The maximum absolute atomic E-state index is 10.8. The monoisotopic (exact) mass is 283 g/mol. The fourth-order valence-corrected chi connectivity index (χ4v) is 1.47. The van der Waals surface area contributed by atoms with Crippen LogP contribution in [0.2, 0.25) is 0 Å². The van der Waals surface area contributed by atoms with Crippen molar-refractivity contribution in [2.45, 2.75) is 0 Å². The van der Waals surface area contributed by atoms with Gasteiger partial charge < -0.3 is 5.73 Å². The Hall–Kier alpha value is -1.96. The molecule has 2 heterocycles. The van der Waals surface area contributed by atoms with E-state index in [1.54, 1.807) is 6.20 Å². The van der Waals surface area contributed by atoms with E-state index in [0.717, 1.165) is 0 Å². The fourth-order valence-electron chi connectivity index (χ4n) is 1.18. The SMILES string of the molecule is Nc1ccc([N+](=O)[O-])c(-n2cc(Br)cn2)n1. The van der Waals surface area contributed by atoms with Crippen molar-refractivity contribution in [2.75, 3.05) is 5.73 Å². The van der Waals surface area contributed by atoms with E-state index in [1.165, 1.54) is 23.0 Å². The van der Waals surface area contributed by atoms with E-state index in [4.69, 9.17) is 5.73 Å². The van der Waals surface area contributed by atoms with Crippen LogP contribution >= 0.6 is 15.9 Å². The molecule has 0 aromatic carbocycles. The number of nitrogens with zero attached hydrogens (tertiary/aromatic N) is 4. The summed E-state index contributed by atoms with van der Waals surface area (Å²) < 4.78 is 1.99. The number of aromatic nitrogens is 3. The summed E-state index contributed by atoms with van der Waals surface area (Å²) in [5.41, 5.74) is 5.34. The van der Waals surface area contributed by atoms with Gasteiger partial charge >= 0.3 is 5.69 Å². The molecule has 2 rings (SSSR count). The zero-order chi connectivity index (χ0) is 11.7. The highest BCUT2D eigenvalue weighted by Crippen LogP contribution is 2.22. The minimum atomic E-state index is -0.530. The zero-order valence-corrected chi connectivity index (χ0v) is 9.46. The first-order valence-corrected chi connectivity index (χ1v) is 4.98. The number of hydrogen-bond donors (Lipinski definition) is 1. The first kappa shape index (κ1) is 10.6. The molecule has 0 aliphatic carbocycles. The number of halogens is 1. The highest BCUT2D eigenvalue weighted by atomic mass is 79.9. The third kappa shape index (κ3) is 1.87. The summed E-state index contributed by atoms with van der Waals surface area (Å²) in [7, 11) is 0. The molecule has 8 heteroatoms. The molecule has 0 saturated carbocycles. The largest absolute Gasteiger partial charge is 0.384 e. The van der Waals surface area contributed by atoms with E-state index in [1.807, 2.05) is 0 Å². The number of rotatable bonds is 2. The van der Waals surface area contributed by atoms with Gasteiger partial charge in [-0.25, -0.2) is 9.67 Å². The molecule has 82 valence electrons. The lowest BCUT2D eigenvalue weighted by Crippen LogP contribution is -2.05. The zero-order valence-electron chi connectivity index (χ0n) is 7.87. The van der Waals surface area contributed by atoms with Crippen LogP contribution < -0.4 is 5.73 Å². The molecule has 0 aliphatic heterocycles. The molecule has 7 nitrogen and oxygen atoms in total. The van der Waals surface area contributed by atoms with Crippen LogP contribution in [0.3, 0.4) is 0 Å². The highest BCUT2D eigenvalue weighted by molar-refractivity contribution is 9.10. The quantitative estimate of drug-likeness (QED) is 0.665. The number of nitrogen functional groups attached to an aromatic ring is 1. The molecule has 0 atom stereocenters. The molecule has 0 fully saturated rings. The van der Waals surface area contributed by atoms with E-state index in [-0.39, 0.29) is 17.3 Å². The van der Waals surface area contributed by atoms with Crippen LogP contribution in [0, 0.1) is 10.1 Å². The van der Waals surface area contributed by atoms with Gasteiger partial charge in [0.15, 0.2) is 0 Å². The maximum atomic E-state index is 10.8. The average molecular weight is 284 g/mol. The lowest BCUT2D eigenvalue weighted by molar-refractivity contribution is -0.384. The minimum Gasteiger partial charge on any atom is -0.384 e. The number of anilines is 1. The van der Waals surface area contributed by atoms with Gasteiger partial charge in [0, 0.05) is 12.3 Å². The van der Waals surface area contributed by atoms with E-state index >= 15 is 0 Å². The molecular formula is C8H6BrN5O2. The Kier molecular flexibility index (Phi) is 2.57. The molecule has 0 unspecified atom stereocenters. The predicted molar refractivity (Wildman–Crippen MR) is 60.1 cm³/mol. The third-order valence-electron chi connectivity index (χ3n) is 1.84. The highest BCUT2D eigenvalue weighted by Gasteiger charge is 2.17. The molecular weight excluding hydrogens is 278 g/mol. The van der Waals surface area contributed by atoms with Crippen LogP contribution in [0.5, 0.6) is 0 Å². The molecule has 0 amide bonds. The molecule has 2 N–H and O–H groups in total. The van der Waals surface area contributed by atoms with Crippen LogP contribution in [0.15, 0.2) is 29.0 Å². The fraction of sp³-hybridized carbons (Fsp3) is 0. The normalized spacial score (nSPS) is 10.3. The van der Waals surface area contributed by atoms with Crippen LogP contribution in [0.25, 0.3) is 5.82 Å². The van der Waals surface area contributed by atoms with Crippen molar-refractivity contribution in [2.24, 2.45) is 0 Å². The lowest BCUT2D eigenvalue weighted by Gasteiger charge is -2.02. The molecule has 0 bridgehead atoms. The lowest BCUT2D eigenvalue weighted by atomic mass is 10.4. The summed E-state index contributed by atoms with van der Waals surface area (Å²) in [6.45, 7) is 0. The summed E-state index contributed by atoms with van der Waals surface area (Å²) in [6, 6.07) is 2.67. The van der Waals surface area contributed by atoms with Gasteiger partial charge in [0.2, 0.25) is 5.82 Å². The van der Waals surface area contributed by atoms with E-state index in [0.29, 0.717) is 4.47 Å². The Bertz CT molecular complexity index is 553. The summed E-state index contributed by atoms with van der Waals surface area (Å²) in [5, 5.41) is 14.7. The van der Waals surface area contributed by atoms with Crippen molar-refractivity contribution in [3.63, 3.8) is 0 Å². The van der Waals surface area contributed by atoms with Gasteiger partial charge in [0.05, 0.1) is 15.6 Å². The van der Waals surface area contributed by atoms with Crippen LogP contribution in [0.4, 0.5) is 11.5 Å². The number of nitrogens with two attached hydrogens (primary N) is 1. The van der Waals surface area contributed by atoms with Gasteiger partial charge in [-0.05, 0) is 22.0 Å². The summed E-state index contributed by atoms with van der Waals surface area (Å²) in [6.07, 6.45) is 3.07. The average Bonchev–Trinajstić information content (AvgIpc) is 2.64. The first-order chi connectivity index (χ1) is 7.58. The van der Waals surface area contributed by atoms with Crippen LogP contribution in [-0.4, -0.2) is 19.7 Å². The van der Waals surface area contributed by atoms with Gasteiger partial charge in [-0.1, -0.05) is 0 Å². The van der Waals surface area contributed by atoms with Crippen molar-refractivity contribution in [1.29, 1.82) is 0 Å². The van der Waals surface area contributed by atoms with Crippen molar-refractivity contribution in [3.8, 4) is 5.82 Å². The molecule has 2 aromatic rings. The van der Waals surface area contributed by atoms with Crippen LogP contribution in [-0.2, 0) is 0 Å². The molecule has 0 spiro atoms. The molecule has 0 radical (unpaired) electrons. The Balaban J connectivity index is 2.62. The molecule has 0 saturated heterocycles. The van der Waals surface area contributed by atoms with Crippen molar-refractivity contribution in [1.82, 2.24) is 14.8 Å². The number of hydrogen-bond acceptors (Lipinski definition) is 5. The smallest absolute Gasteiger partial charge is 0.313 e. The maximum Gasteiger partial charge on any atom is 0.313 e. The molecule has 2 aromatic heterocycles. The second-order valence-electron chi connectivity index (χ2n) is 2.94. The van der Waals surface area contributed by atoms with Crippen molar-refractivity contribution >= 4 is 27.4 Å². The van der Waals surface area contributed by atoms with E-state index in [2.05, 4.69) is 26.0 Å². The Morgan fingerprint density at radius 3 is 2.81 bits per heavy atom. The third-order valence-corrected chi connectivity index (χ3v) is 2.25. The van der Waals surface area contributed by atoms with Gasteiger partial charge in [0.1, 0.15) is 5.82 Å². The minimum absolute atomic E-state index is 0.0932. The van der Waals surface area contributed by atoms with E-state index < -0.39 is 4.92 Å². The first-order valence-electron chi connectivity index (χ1n) is 4.19. The van der Waals surface area contributed by atoms with E-state index in [9.17, 15) is 10.1 Å². The van der Waals surface area contributed by atoms with Crippen LogP contribution in [0.1, 0.15) is 0 Å². The Morgan fingerprint density at radius 2 is 2.25 bits per heavy atom. The number of pyridine rings is 1.